The molecule has 0 bridgehead atoms. The van der Waals surface area contributed by atoms with Gasteiger partial charge in [-0.3, -0.25) is 4.79 Å². The van der Waals surface area contributed by atoms with Gasteiger partial charge in [-0.1, -0.05) is 42.5 Å². The van der Waals surface area contributed by atoms with Gasteiger partial charge in [0.05, 0.1) is 13.2 Å². The van der Waals surface area contributed by atoms with Crippen LogP contribution in [0.15, 0.2) is 42.5 Å². The molecule has 2 aliphatic rings. The number of benzene rings is 1. The topological polar surface area (TPSA) is 29.5 Å². The van der Waals surface area contributed by atoms with E-state index in [1.165, 1.54) is 5.56 Å². The molecule has 0 aromatic heterocycles. The maximum atomic E-state index is 12.5. The summed E-state index contributed by atoms with van der Waals surface area (Å²) in [6.07, 6.45) is 8.40. The van der Waals surface area contributed by atoms with E-state index >= 15 is 0 Å². The minimum absolute atomic E-state index is 0.217. The SMILES string of the molecule is O=C([C@H]1CC=CCC1)N1CC[C@@H](COCc2ccccc2)C1. The highest BCUT2D eigenvalue weighted by Gasteiger charge is 2.30. The van der Waals surface area contributed by atoms with Crippen molar-refractivity contribution in [3.8, 4) is 0 Å². The van der Waals surface area contributed by atoms with Gasteiger partial charge in [0.1, 0.15) is 0 Å². The first kappa shape index (κ1) is 15.3. The Bertz CT molecular complexity index is 511. The third-order valence-corrected chi connectivity index (χ3v) is 4.68. The first-order valence-electron chi connectivity index (χ1n) is 8.38. The van der Waals surface area contributed by atoms with Gasteiger partial charge in [0, 0.05) is 24.9 Å². The molecule has 1 aromatic rings. The van der Waals surface area contributed by atoms with Gasteiger partial charge in [0.2, 0.25) is 5.91 Å². The highest BCUT2D eigenvalue weighted by atomic mass is 16.5. The number of carbonyl (C=O) groups is 1. The van der Waals surface area contributed by atoms with Crippen LogP contribution >= 0.6 is 0 Å². The Morgan fingerprint density at radius 3 is 2.82 bits per heavy atom. The molecule has 0 N–H and O–H groups in total. The molecule has 1 saturated heterocycles. The summed E-state index contributed by atoms with van der Waals surface area (Å²) in [5.41, 5.74) is 1.21. The lowest BCUT2D eigenvalue weighted by molar-refractivity contribution is -0.134. The van der Waals surface area contributed by atoms with Crippen LogP contribution in [0.4, 0.5) is 0 Å². The molecule has 0 saturated carbocycles. The van der Waals surface area contributed by atoms with Crippen molar-refractivity contribution in [1.82, 2.24) is 4.90 Å². The Hall–Kier alpha value is -1.61. The van der Waals surface area contributed by atoms with E-state index in [1.54, 1.807) is 0 Å². The van der Waals surface area contributed by atoms with Crippen molar-refractivity contribution in [2.45, 2.75) is 32.3 Å². The third-order valence-electron chi connectivity index (χ3n) is 4.68. The predicted molar refractivity (Wildman–Crippen MR) is 87.3 cm³/mol. The lowest BCUT2D eigenvalue weighted by Gasteiger charge is -2.24. The molecule has 1 fully saturated rings. The van der Waals surface area contributed by atoms with Gasteiger partial charge in [-0.15, -0.1) is 0 Å². The smallest absolute Gasteiger partial charge is 0.226 e. The van der Waals surface area contributed by atoms with Gasteiger partial charge in [0.25, 0.3) is 0 Å². The van der Waals surface area contributed by atoms with Crippen LogP contribution in [-0.4, -0.2) is 30.5 Å². The highest BCUT2D eigenvalue weighted by Crippen LogP contribution is 2.25. The Morgan fingerprint density at radius 1 is 1.18 bits per heavy atom. The maximum absolute atomic E-state index is 12.5. The molecule has 118 valence electrons. The molecule has 3 rings (SSSR count). The van der Waals surface area contributed by atoms with Crippen LogP contribution in [0.3, 0.4) is 0 Å². The molecule has 0 spiro atoms. The average Bonchev–Trinajstić information content (AvgIpc) is 3.05. The normalized spacial score (nSPS) is 24.6. The Balaban J connectivity index is 1.40. The van der Waals surface area contributed by atoms with Crippen LogP contribution < -0.4 is 0 Å². The van der Waals surface area contributed by atoms with Gasteiger partial charge in [0.15, 0.2) is 0 Å². The average molecular weight is 299 g/mol. The van der Waals surface area contributed by atoms with E-state index in [0.717, 1.165) is 45.4 Å². The fourth-order valence-electron chi connectivity index (χ4n) is 3.36. The molecule has 3 heteroatoms. The zero-order chi connectivity index (χ0) is 15.2. The molecule has 1 aliphatic carbocycles. The quantitative estimate of drug-likeness (QED) is 0.780. The number of nitrogens with zero attached hydrogens (tertiary/aromatic N) is 1. The largest absolute Gasteiger partial charge is 0.376 e. The van der Waals surface area contributed by atoms with Crippen molar-refractivity contribution in [1.29, 1.82) is 0 Å². The lowest BCUT2D eigenvalue weighted by Crippen LogP contribution is -2.35. The standard InChI is InChI=1S/C19H25NO2/c21-19(18-9-5-2-6-10-18)20-12-11-17(13-20)15-22-14-16-7-3-1-4-8-16/h1-5,7-8,17-18H,6,9-15H2/t17-,18+/m1/s1. The summed E-state index contributed by atoms with van der Waals surface area (Å²) >= 11 is 0. The second-order valence-corrected chi connectivity index (χ2v) is 6.42. The van der Waals surface area contributed by atoms with Crippen LogP contribution in [0.5, 0.6) is 0 Å². The van der Waals surface area contributed by atoms with Crippen molar-refractivity contribution in [3.63, 3.8) is 0 Å². The zero-order valence-electron chi connectivity index (χ0n) is 13.1. The van der Waals surface area contributed by atoms with Gasteiger partial charge >= 0.3 is 0 Å². The van der Waals surface area contributed by atoms with Gasteiger partial charge in [-0.05, 0) is 31.2 Å². The maximum Gasteiger partial charge on any atom is 0.226 e. The highest BCUT2D eigenvalue weighted by molar-refractivity contribution is 5.79. The number of amides is 1. The molecule has 3 nitrogen and oxygen atoms in total. The van der Waals surface area contributed by atoms with Gasteiger partial charge < -0.3 is 9.64 Å². The fourth-order valence-corrected chi connectivity index (χ4v) is 3.36. The van der Waals surface area contributed by atoms with Crippen molar-refractivity contribution in [2.75, 3.05) is 19.7 Å². The fraction of sp³-hybridized carbons (Fsp3) is 0.526. The van der Waals surface area contributed by atoms with Crippen LogP contribution in [0, 0.1) is 11.8 Å². The molecular weight excluding hydrogens is 274 g/mol. The van der Waals surface area contributed by atoms with E-state index in [2.05, 4.69) is 29.2 Å². The summed E-state index contributed by atoms with van der Waals surface area (Å²) in [7, 11) is 0. The summed E-state index contributed by atoms with van der Waals surface area (Å²) < 4.78 is 5.83. The van der Waals surface area contributed by atoms with E-state index in [9.17, 15) is 4.79 Å². The third kappa shape index (κ3) is 3.98. The molecular formula is C19H25NO2. The summed E-state index contributed by atoms with van der Waals surface area (Å²) in [5, 5.41) is 0. The first-order valence-corrected chi connectivity index (χ1v) is 8.38. The number of carbonyl (C=O) groups excluding carboxylic acids is 1. The molecule has 1 amide bonds. The monoisotopic (exact) mass is 299 g/mol. The molecule has 22 heavy (non-hydrogen) atoms. The van der Waals surface area contributed by atoms with Crippen molar-refractivity contribution < 1.29 is 9.53 Å². The van der Waals surface area contributed by atoms with Crippen molar-refractivity contribution in [3.05, 3.63) is 48.0 Å². The molecule has 1 aromatic carbocycles. The molecule has 1 heterocycles. The Morgan fingerprint density at radius 2 is 2.05 bits per heavy atom. The minimum atomic E-state index is 0.217. The summed E-state index contributed by atoms with van der Waals surface area (Å²) in [4.78, 5) is 14.5. The van der Waals surface area contributed by atoms with Crippen molar-refractivity contribution in [2.24, 2.45) is 11.8 Å². The summed E-state index contributed by atoms with van der Waals surface area (Å²) in [5.74, 6) is 1.07. The van der Waals surface area contributed by atoms with E-state index in [-0.39, 0.29) is 5.92 Å². The lowest BCUT2D eigenvalue weighted by atomic mass is 9.93. The molecule has 1 aliphatic heterocycles. The number of allylic oxidation sites excluding steroid dienone is 2. The van der Waals surface area contributed by atoms with Crippen LogP contribution in [0.1, 0.15) is 31.2 Å². The number of rotatable bonds is 5. The second kappa shape index (κ2) is 7.59. The number of hydrogen-bond donors (Lipinski definition) is 0. The number of likely N-dealkylation sites (tertiary alicyclic amines) is 1. The van der Waals surface area contributed by atoms with Crippen LogP contribution in [0.2, 0.25) is 0 Å². The summed E-state index contributed by atoms with van der Waals surface area (Å²) in [6, 6.07) is 10.3. The minimum Gasteiger partial charge on any atom is -0.376 e. The van der Waals surface area contributed by atoms with Gasteiger partial charge in [-0.2, -0.15) is 0 Å². The molecule has 0 unspecified atom stereocenters. The Labute approximate surface area is 133 Å². The van der Waals surface area contributed by atoms with Gasteiger partial charge in [-0.25, -0.2) is 0 Å². The van der Waals surface area contributed by atoms with Crippen LogP contribution in [-0.2, 0) is 16.1 Å². The molecule has 0 radical (unpaired) electrons. The predicted octanol–water partition coefficient (Wildman–Crippen LogP) is 3.41. The van der Waals surface area contributed by atoms with E-state index in [4.69, 9.17) is 4.74 Å². The van der Waals surface area contributed by atoms with E-state index < -0.39 is 0 Å². The number of hydrogen-bond acceptors (Lipinski definition) is 2. The number of ether oxygens (including phenoxy) is 1. The molecule has 2 atom stereocenters. The summed E-state index contributed by atoms with van der Waals surface area (Å²) in [6.45, 7) is 3.19. The van der Waals surface area contributed by atoms with Crippen molar-refractivity contribution >= 4 is 5.91 Å². The van der Waals surface area contributed by atoms with E-state index in [0.29, 0.717) is 18.4 Å². The first-order chi connectivity index (χ1) is 10.8. The Kier molecular flexibility index (Phi) is 5.28. The van der Waals surface area contributed by atoms with E-state index in [1.807, 2.05) is 18.2 Å². The zero-order valence-corrected chi connectivity index (χ0v) is 13.1. The second-order valence-electron chi connectivity index (χ2n) is 6.42. The van der Waals surface area contributed by atoms with Crippen LogP contribution in [0.25, 0.3) is 0 Å².